The molecule has 1 unspecified atom stereocenters. The van der Waals surface area contributed by atoms with Gasteiger partial charge in [0.05, 0.1) is 5.25 Å². The first-order valence-corrected chi connectivity index (χ1v) is 10.8. The van der Waals surface area contributed by atoms with Gasteiger partial charge in [-0.25, -0.2) is 16.8 Å². The van der Waals surface area contributed by atoms with Gasteiger partial charge in [0.1, 0.15) is 0 Å². The van der Waals surface area contributed by atoms with Gasteiger partial charge in [-0.05, 0) is 24.1 Å². The van der Waals surface area contributed by atoms with Crippen LogP contribution in [0.4, 0.5) is 0 Å². The van der Waals surface area contributed by atoms with Crippen LogP contribution in [-0.2, 0) is 19.7 Å². The Kier molecular flexibility index (Phi) is 4.90. The molecule has 1 aromatic heterocycles. The van der Waals surface area contributed by atoms with E-state index in [9.17, 15) is 16.8 Å². The summed E-state index contributed by atoms with van der Waals surface area (Å²) >= 11 is 6.37. The minimum atomic E-state index is -3.82. The van der Waals surface area contributed by atoms with Gasteiger partial charge in [-0.3, -0.25) is 0 Å². The van der Waals surface area contributed by atoms with Crippen LogP contribution in [0.25, 0.3) is 0 Å². The van der Waals surface area contributed by atoms with Crippen LogP contribution in [0.1, 0.15) is 24.2 Å². The van der Waals surface area contributed by atoms with Crippen molar-refractivity contribution in [3.63, 3.8) is 0 Å². The Morgan fingerprint density at radius 1 is 1.09 bits per heavy atom. The van der Waals surface area contributed by atoms with E-state index in [0.717, 1.165) is 6.26 Å². The van der Waals surface area contributed by atoms with Crippen molar-refractivity contribution in [1.82, 2.24) is 10.2 Å². The molecule has 0 bridgehead atoms. The first kappa shape index (κ1) is 17.3. The van der Waals surface area contributed by atoms with Crippen LogP contribution in [0, 0.1) is 0 Å². The molecule has 0 aliphatic heterocycles. The summed E-state index contributed by atoms with van der Waals surface area (Å²) in [5.74, 6) is 0. The van der Waals surface area contributed by atoms with Crippen LogP contribution >= 0.6 is 22.9 Å². The molecule has 1 heterocycles. The molecule has 2 aromatic rings. The van der Waals surface area contributed by atoms with Gasteiger partial charge in [0.25, 0.3) is 0 Å². The van der Waals surface area contributed by atoms with Crippen molar-refractivity contribution in [2.45, 2.75) is 27.3 Å². The third-order valence-electron chi connectivity index (χ3n) is 2.94. The predicted octanol–water partition coefficient (Wildman–Crippen LogP) is 2.52. The van der Waals surface area contributed by atoms with E-state index in [-0.39, 0.29) is 8.68 Å². The molecule has 1 aromatic carbocycles. The minimum Gasteiger partial charge on any atom is -0.221 e. The predicted molar refractivity (Wildman–Crippen MR) is 84.7 cm³/mol. The molecule has 0 spiro atoms. The monoisotopic (exact) mass is 380 g/mol. The zero-order chi connectivity index (χ0) is 16.5. The van der Waals surface area contributed by atoms with Gasteiger partial charge in [-0.1, -0.05) is 42.0 Å². The Balaban J connectivity index is 2.47. The van der Waals surface area contributed by atoms with Gasteiger partial charge >= 0.3 is 0 Å². The number of sulfone groups is 2. The van der Waals surface area contributed by atoms with Crippen molar-refractivity contribution in [2.24, 2.45) is 0 Å². The van der Waals surface area contributed by atoms with Crippen LogP contribution in [0.3, 0.4) is 0 Å². The van der Waals surface area contributed by atoms with Crippen molar-refractivity contribution in [3.8, 4) is 0 Å². The average molecular weight is 381 g/mol. The molecule has 0 N–H and O–H groups in total. The maximum Gasteiger partial charge on any atom is 0.234 e. The molecule has 120 valence electrons. The SMILES string of the molecule is CCC(c1ccc(Cl)cc1)S(=O)(=O)c1nnc(S(C)(=O)=O)s1. The zero-order valence-corrected chi connectivity index (χ0v) is 14.9. The zero-order valence-electron chi connectivity index (χ0n) is 11.7. The van der Waals surface area contributed by atoms with Crippen LogP contribution in [-0.4, -0.2) is 33.3 Å². The second-order valence-corrected chi connectivity index (χ2v) is 10.5. The van der Waals surface area contributed by atoms with Crippen molar-refractivity contribution >= 4 is 42.6 Å². The first-order chi connectivity index (χ1) is 10.2. The maximum absolute atomic E-state index is 12.7. The molecular formula is C12H13ClN2O4S3. The number of hydrogen-bond donors (Lipinski definition) is 0. The van der Waals surface area contributed by atoms with E-state index in [2.05, 4.69) is 10.2 Å². The minimum absolute atomic E-state index is 0.297. The fourth-order valence-corrected chi connectivity index (χ4v) is 5.93. The highest BCUT2D eigenvalue weighted by atomic mass is 35.5. The van der Waals surface area contributed by atoms with Gasteiger partial charge in [-0.2, -0.15) is 0 Å². The van der Waals surface area contributed by atoms with E-state index in [1.807, 2.05) is 0 Å². The van der Waals surface area contributed by atoms with E-state index in [4.69, 9.17) is 11.6 Å². The standard InChI is InChI=1S/C12H13ClN2O4S3/c1-3-10(8-4-6-9(13)7-5-8)22(18,19)12-15-14-11(20-12)21(2,16)17/h4-7,10H,3H2,1-2H3. The Labute approximate surface area is 138 Å². The maximum atomic E-state index is 12.7. The summed E-state index contributed by atoms with van der Waals surface area (Å²) in [7, 11) is -7.40. The van der Waals surface area contributed by atoms with E-state index >= 15 is 0 Å². The van der Waals surface area contributed by atoms with Crippen molar-refractivity contribution in [2.75, 3.05) is 6.26 Å². The smallest absolute Gasteiger partial charge is 0.221 e. The number of rotatable bonds is 5. The average Bonchev–Trinajstić information content (AvgIpc) is 2.92. The lowest BCUT2D eigenvalue weighted by Crippen LogP contribution is -2.13. The summed E-state index contributed by atoms with van der Waals surface area (Å²) in [6, 6.07) is 6.48. The van der Waals surface area contributed by atoms with Crippen molar-refractivity contribution in [3.05, 3.63) is 34.9 Å². The molecule has 2 rings (SSSR count). The van der Waals surface area contributed by atoms with Crippen LogP contribution in [0.15, 0.2) is 32.9 Å². The van der Waals surface area contributed by atoms with Crippen molar-refractivity contribution in [1.29, 1.82) is 0 Å². The number of aromatic nitrogens is 2. The van der Waals surface area contributed by atoms with Gasteiger partial charge in [0, 0.05) is 11.3 Å². The largest absolute Gasteiger partial charge is 0.234 e. The number of halogens is 1. The fourth-order valence-electron chi connectivity index (χ4n) is 1.90. The Bertz CT molecular complexity index is 873. The summed E-state index contributed by atoms with van der Waals surface area (Å²) in [5.41, 5.74) is 0.572. The summed E-state index contributed by atoms with van der Waals surface area (Å²) in [4.78, 5) is 0. The number of hydrogen-bond acceptors (Lipinski definition) is 7. The Hall–Kier alpha value is -1.03. The van der Waals surface area contributed by atoms with E-state index in [1.165, 1.54) is 0 Å². The quantitative estimate of drug-likeness (QED) is 0.791. The lowest BCUT2D eigenvalue weighted by Gasteiger charge is -2.14. The molecule has 0 saturated heterocycles. The highest BCUT2D eigenvalue weighted by Gasteiger charge is 2.32. The Morgan fingerprint density at radius 2 is 1.64 bits per heavy atom. The molecule has 0 aliphatic rings. The molecule has 0 aliphatic carbocycles. The van der Waals surface area contributed by atoms with Crippen LogP contribution in [0.5, 0.6) is 0 Å². The van der Waals surface area contributed by atoms with Crippen molar-refractivity contribution < 1.29 is 16.8 Å². The number of benzene rings is 1. The molecule has 0 saturated carbocycles. The molecule has 0 amide bonds. The summed E-state index contributed by atoms with van der Waals surface area (Å²) in [6.07, 6.45) is 1.28. The molecule has 10 heteroatoms. The summed E-state index contributed by atoms with van der Waals surface area (Å²) in [6.45, 7) is 1.73. The normalized spacial score (nSPS) is 14.0. The van der Waals surface area contributed by atoms with Gasteiger partial charge in [0.2, 0.25) is 28.4 Å². The third-order valence-corrected chi connectivity index (χ3v) is 8.44. The van der Waals surface area contributed by atoms with Gasteiger partial charge < -0.3 is 0 Å². The van der Waals surface area contributed by atoms with Gasteiger partial charge in [-0.15, -0.1) is 10.2 Å². The first-order valence-electron chi connectivity index (χ1n) is 6.19. The molecule has 6 nitrogen and oxygen atoms in total. The highest BCUT2D eigenvalue weighted by Crippen LogP contribution is 2.34. The fraction of sp³-hybridized carbons (Fsp3) is 0.333. The van der Waals surface area contributed by atoms with E-state index < -0.39 is 24.9 Å². The van der Waals surface area contributed by atoms with E-state index in [0.29, 0.717) is 28.3 Å². The third kappa shape index (κ3) is 3.48. The summed E-state index contributed by atoms with van der Waals surface area (Å²) < 4.78 is 47.6. The lowest BCUT2D eigenvalue weighted by molar-refractivity contribution is 0.576. The van der Waals surface area contributed by atoms with E-state index in [1.54, 1.807) is 31.2 Å². The molecule has 0 fully saturated rings. The van der Waals surface area contributed by atoms with Crippen LogP contribution in [0.2, 0.25) is 5.02 Å². The van der Waals surface area contributed by atoms with Gasteiger partial charge in [0.15, 0.2) is 0 Å². The molecule has 22 heavy (non-hydrogen) atoms. The highest BCUT2D eigenvalue weighted by molar-refractivity contribution is 7.95. The molecular weight excluding hydrogens is 368 g/mol. The van der Waals surface area contributed by atoms with Crippen LogP contribution < -0.4 is 0 Å². The topological polar surface area (TPSA) is 94.1 Å². The summed E-state index contributed by atoms with van der Waals surface area (Å²) in [5, 5.41) is 6.68. The lowest BCUT2D eigenvalue weighted by atomic mass is 10.1. The molecule has 0 radical (unpaired) electrons. The number of nitrogens with zero attached hydrogens (tertiary/aromatic N) is 2. The second kappa shape index (κ2) is 6.23. The Morgan fingerprint density at radius 3 is 2.09 bits per heavy atom. The second-order valence-electron chi connectivity index (χ2n) is 4.60. The molecule has 1 atom stereocenters.